The van der Waals surface area contributed by atoms with Crippen LogP contribution in [0.25, 0.3) is 0 Å². The predicted octanol–water partition coefficient (Wildman–Crippen LogP) is -0.713. The van der Waals surface area contributed by atoms with Gasteiger partial charge in [0.1, 0.15) is 0 Å². The Bertz CT molecular complexity index is 218. The fourth-order valence-electron chi connectivity index (χ4n) is 0.770. The van der Waals surface area contributed by atoms with Crippen LogP contribution in [-0.2, 0) is 0 Å². The van der Waals surface area contributed by atoms with Crippen LogP contribution < -0.4 is 21.7 Å². The maximum atomic E-state index is 5.55. The van der Waals surface area contributed by atoms with E-state index in [1.54, 1.807) is 0 Å². The quantitative estimate of drug-likeness (QED) is 0.474. The Labute approximate surface area is 107 Å². The number of hydrogen-bond donors (Lipinski definition) is 0. The molecule has 0 aromatic heterocycles. The molecule has 0 fully saturated rings. The van der Waals surface area contributed by atoms with E-state index < -0.39 is 0 Å². The van der Waals surface area contributed by atoms with E-state index >= 15 is 0 Å². The van der Waals surface area contributed by atoms with Crippen LogP contribution in [0.2, 0.25) is 0 Å². The van der Waals surface area contributed by atoms with Crippen LogP contribution in [0, 0.1) is 6.07 Å². The van der Waals surface area contributed by atoms with Gasteiger partial charge in [-0.3, -0.25) is 0 Å². The molecule has 0 aliphatic rings. The second-order valence-electron chi connectivity index (χ2n) is 3.44. The number of rotatable bonds is 1. The zero-order chi connectivity index (χ0) is 8.32. The molecule has 0 N–H and O–H groups in total. The molecule has 3 heteroatoms. The van der Waals surface area contributed by atoms with E-state index in [2.05, 4.69) is 6.07 Å². The first kappa shape index (κ1) is 15.7. The molecule has 0 radical (unpaired) electrons. The van der Waals surface area contributed by atoms with E-state index in [1.807, 2.05) is 45.0 Å². The van der Waals surface area contributed by atoms with Crippen molar-refractivity contribution in [3.05, 3.63) is 30.3 Å². The Morgan fingerprint density at radius 2 is 1.85 bits per heavy atom. The van der Waals surface area contributed by atoms with E-state index in [4.69, 9.17) is 4.74 Å². The number of halogens is 1. The molecule has 1 aromatic rings. The van der Waals surface area contributed by atoms with Gasteiger partial charge in [0.25, 0.3) is 0 Å². The van der Waals surface area contributed by atoms with Gasteiger partial charge in [0.05, 0.1) is 5.60 Å². The van der Waals surface area contributed by atoms with Gasteiger partial charge < -0.3 is 21.7 Å². The molecule has 0 atom stereocenters. The van der Waals surface area contributed by atoms with Gasteiger partial charge in [-0.15, -0.1) is 12.1 Å². The average molecular weight is 253 g/mol. The molecule has 0 heterocycles. The van der Waals surface area contributed by atoms with E-state index in [0.717, 1.165) is 5.75 Å². The van der Waals surface area contributed by atoms with Gasteiger partial charge in [-0.05, 0) is 20.8 Å². The van der Waals surface area contributed by atoms with Crippen molar-refractivity contribution in [2.45, 2.75) is 26.4 Å². The topological polar surface area (TPSA) is 9.23 Å². The van der Waals surface area contributed by atoms with Crippen LogP contribution in [-0.4, -0.2) is 28.7 Å². The fraction of sp³-hybridized carbons (Fsp3) is 0.400. The van der Waals surface area contributed by atoms with Gasteiger partial charge in [0, 0.05) is 5.75 Å². The summed E-state index contributed by atoms with van der Waals surface area (Å²) in [5.74, 6) is 0.806. The molecule has 1 aromatic carbocycles. The Morgan fingerprint density at radius 1 is 1.23 bits per heavy atom. The minimum atomic E-state index is -0.127. The van der Waals surface area contributed by atoms with E-state index in [9.17, 15) is 0 Å². The van der Waals surface area contributed by atoms with Crippen molar-refractivity contribution in [1.82, 2.24) is 0 Å². The molecule has 1 rings (SSSR count). The SMILES string of the molecule is CC(C)(C)Oc1[c-]cccc1.[Br-].[Mg+2]. The van der Waals surface area contributed by atoms with Crippen molar-refractivity contribution in [3.63, 3.8) is 0 Å². The number of hydrogen-bond acceptors (Lipinski definition) is 1. The summed E-state index contributed by atoms with van der Waals surface area (Å²) in [6.07, 6.45) is 0. The molecule has 0 amide bonds. The molecule has 0 saturated heterocycles. The second kappa shape index (κ2) is 6.68. The fourth-order valence-corrected chi connectivity index (χ4v) is 0.770. The summed E-state index contributed by atoms with van der Waals surface area (Å²) < 4.78 is 5.55. The van der Waals surface area contributed by atoms with Gasteiger partial charge in [-0.1, -0.05) is 0 Å². The molecular formula is C10H13BrMgO. The third kappa shape index (κ3) is 7.35. The minimum absolute atomic E-state index is 0. The van der Waals surface area contributed by atoms with Crippen LogP contribution >= 0.6 is 0 Å². The minimum Gasteiger partial charge on any atom is -1.00 e. The van der Waals surface area contributed by atoms with Crippen LogP contribution in [0.4, 0.5) is 0 Å². The first-order chi connectivity index (χ1) is 5.08. The van der Waals surface area contributed by atoms with Crippen LogP contribution in [0.15, 0.2) is 24.3 Å². The Morgan fingerprint density at radius 3 is 2.23 bits per heavy atom. The van der Waals surface area contributed by atoms with Crippen LogP contribution in [0.5, 0.6) is 5.75 Å². The summed E-state index contributed by atoms with van der Waals surface area (Å²) in [5.41, 5.74) is -0.127. The summed E-state index contributed by atoms with van der Waals surface area (Å²) in [7, 11) is 0. The Hall–Kier alpha value is 0.266. The van der Waals surface area contributed by atoms with Crippen molar-refractivity contribution < 1.29 is 21.7 Å². The standard InChI is InChI=1S/C10H13O.BrH.Mg/c1-10(2,3)11-9-7-5-4-6-8-9;;/h4-7H,1-3H3;1H;/q-1;;+2/p-1. The first-order valence-electron chi connectivity index (χ1n) is 3.74. The number of ether oxygens (including phenoxy) is 1. The number of para-hydroxylation sites is 1. The molecule has 0 aliphatic heterocycles. The number of benzene rings is 1. The predicted molar refractivity (Wildman–Crippen MR) is 51.4 cm³/mol. The molecule has 0 bridgehead atoms. The Balaban J connectivity index is 0. The van der Waals surface area contributed by atoms with Crippen LogP contribution in [0.3, 0.4) is 0 Å². The van der Waals surface area contributed by atoms with Crippen molar-refractivity contribution >= 4 is 23.1 Å². The Kier molecular flexibility index (Phi) is 8.08. The van der Waals surface area contributed by atoms with Gasteiger partial charge >= 0.3 is 23.1 Å². The average Bonchev–Trinajstić information content (AvgIpc) is 1.85. The summed E-state index contributed by atoms with van der Waals surface area (Å²) in [6, 6.07) is 10.6. The molecule has 13 heavy (non-hydrogen) atoms. The third-order valence-electron chi connectivity index (χ3n) is 1.10. The van der Waals surface area contributed by atoms with Crippen LogP contribution in [0.1, 0.15) is 20.8 Å². The van der Waals surface area contributed by atoms with Crippen molar-refractivity contribution in [2.75, 3.05) is 0 Å². The first-order valence-corrected chi connectivity index (χ1v) is 3.74. The van der Waals surface area contributed by atoms with Crippen molar-refractivity contribution in [3.8, 4) is 5.75 Å². The molecular weight excluding hydrogens is 240 g/mol. The summed E-state index contributed by atoms with van der Waals surface area (Å²) in [5, 5.41) is 0. The zero-order valence-corrected chi connectivity index (χ0v) is 11.3. The largest absolute Gasteiger partial charge is 2.00 e. The molecule has 0 spiro atoms. The van der Waals surface area contributed by atoms with E-state index in [0.29, 0.717) is 0 Å². The molecule has 0 saturated carbocycles. The third-order valence-corrected chi connectivity index (χ3v) is 1.10. The smallest absolute Gasteiger partial charge is 1.00 e. The van der Waals surface area contributed by atoms with Gasteiger partial charge in [0.2, 0.25) is 0 Å². The monoisotopic (exact) mass is 252 g/mol. The van der Waals surface area contributed by atoms with Gasteiger partial charge in [-0.25, -0.2) is 0 Å². The van der Waals surface area contributed by atoms with Gasteiger partial charge in [0.15, 0.2) is 0 Å². The molecule has 68 valence electrons. The maximum absolute atomic E-state index is 5.55. The van der Waals surface area contributed by atoms with Crippen molar-refractivity contribution in [2.24, 2.45) is 0 Å². The second-order valence-corrected chi connectivity index (χ2v) is 3.44. The van der Waals surface area contributed by atoms with E-state index in [-0.39, 0.29) is 45.6 Å². The zero-order valence-electron chi connectivity index (χ0n) is 8.30. The summed E-state index contributed by atoms with van der Waals surface area (Å²) in [4.78, 5) is 0. The normalized spacial score (nSPS) is 9.46. The molecule has 0 aliphatic carbocycles. The van der Waals surface area contributed by atoms with Gasteiger partial charge in [-0.2, -0.15) is 18.2 Å². The summed E-state index contributed by atoms with van der Waals surface area (Å²) in [6.45, 7) is 6.06. The molecule has 0 unspecified atom stereocenters. The maximum Gasteiger partial charge on any atom is 2.00 e. The van der Waals surface area contributed by atoms with E-state index in [1.165, 1.54) is 0 Å². The summed E-state index contributed by atoms with van der Waals surface area (Å²) >= 11 is 0. The van der Waals surface area contributed by atoms with Crippen molar-refractivity contribution in [1.29, 1.82) is 0 Å². The molecule has 1 nitrogen and oxygen atoms in total.